The molecule has 0 saturated heterocycles. The monoisotopic (exact) mass is 530 g/mol. The Morgan fingerprint density at radius 2 is 0.806 bits per heavy atom. The van der Waals surface area contributed by atoms with Crippen LogP contribution in [0.3, 0.4) is 0 Å². The molecule has 8 heteroatoms. The van der Waals surface area contributed by atoms with Gasteiger partial charge in [0.05, 0.1) is 0 Å². The van der Waals surface area contributed by atoms with Crippen LogP contribution in [0.15, 0.2) is 107 Å². The van der Waals surface area contributed by atoms with Crippen molar-refractivity contribution in [3.63, 3.8) is 0 Å². The Balaban J connectivity index is 0.00000228. The molecule has 0 N–H and O–H groups in total. The van der Waals surface area contributed by atoms with E-state index < -0.39 is 22.2 Å². The van der Waals surface area contributed by atoms with E-state index in [1.54, 1.807) is 48.6 Å². The molecule has 0 aliphatic heterocycles. The van der Waals surface area contributed by atoms with Crippen molar-refractivity contribution in [1.82, 2.24) is 0 Å². The molecule has 4 rings (SSSR count). The maximum absolute atomic E-state index is 11.4. The predicted molar refractivity (Wildman–Crippen MR) is 137 cm³/mol. The fourth-order valence-electron chi connectivity index (χ4n) is 3.49. The van der Waals surface area contributed by atoms with Gasteiger partial charge in [0.15, 0.2) is 0 Å². The Morgan fingerprint density at radius 1 is 0.472 bits per heavy atom. The molecule has 170 valence electrons. The van der Waals surface area contributed by atoms with Crippen LogP contribution in [-0.4, -0.2) is 17.5 Å². The third-order valence-electron chi connectivity index (χ3n) is 5.26. The van der Waals surface area contributed by atoms with Crippen LogP contribution in [0.25, 0.3) is 35.4 Å². The molecule has 0 aliphatic rings. The number of hydrogen-bond donors (Lipinski definition) is 0. The Hall–Kier alpha value is -1.42. The Morgan fingerprint density at radius 3 is 1.14 bits per heavy atom. The summed E-state index contributed by atoms with van der Waals surface area (Å²) < 4.78 is 45.4. The molecule has 2 atom stereocenters. The van der Waals surface area contributed by atoms with Gasteiger partial charge in [-0.25, -0.2) is 0 Å². The summed E-state index contributed by atoms with van der Waals surface area (Å²) in [4.78, 5) is 0.545. The third kappa shape index (κ3) is 8.30. The summed E-state index contributed by atoms with van der Waals surface area (Å²) in [6, 6.07) is 29.7. The third-order valence-corrected chi connectivity index (χ3v) is 6.72. The summed E-state index contributed by atoms with van der Waals surface area (Å²) in [5.74, 6) is 0. The molecule has 0 heterocycles. The largest absolute Gasteiger partial charge is 1.00 e. The topological polar surface area (TPSA) is 80.3 Å². The van der Waals surface area contributed by atoms with Crippen molar-refractivity contribution in [1.29, 1.82) is 0 Å². The van der Waals surface area contributed by atoms with Crippen molar-refractivity contribution in [2.75, 3.05) is 0 Å². The minimum absolute atomic E-state index is 0. The second-order valence-electron chi connectivity index (χ2n) is 7.46. The van der Waals surface area contributed by atoms with Crippen molar-refractivity contribution in [3.8, 4) is 11.1 Å². The normalized spacial score (nSPS) is 12.6. The fraction of sp³-hybridized carbons (Fsp3) is 0. The molecule has 0 bridgehead atoms. The molecule has 4 nitrogen and oxygen atoms in total. The zero-order valence-corrected chi connectivity index (χ0v) is 25.6. The molecule has 0 saturated carbocycles. The average Bonchev–Trinajstić information content (AvgIpc) is 2.87. The van der Waals surface area contributed by atoms with Crippen molar-refractivity contribution in [3.05, 3.63) is 119 Å². The van der Waals surface area contributed by atoms with Gasteiger partial charge in [0.25, 0.3) is 0 Å². The summed E-state index contributed by atoms with van der Waals surface area (Å²) in [7, 11) is 0. The van der Waals surface area contributed by atoms with Gasteiger partial charge in [0, 0.05) is 9.79 Å². The first-order valence-electron chi connectivity index (χ1n) is 10.4. The van der Waals surface area contributed by atoms with E-state index >= 15 is 0 Å². The molecule has 0 amide bonds. The maximum atomic E-state index is 11.4. The average molecular weight is 531 g/mol. The van der Waals surface area contributed by atoms with E-state index in [0.717, 1.165) is 22.3 Å². The van der Waals surface area contributed by atoms with Crippen molar-refractivity contribution >= 4 is 46.5 Å². The second kappa shape index (κ2) is 15.1. The molecular formula is C28H20Na2O4S2. The summed E-state index contributed by atoms with van der Waals surface area (Å²) in [6.45, 7) is 0. The van der Waals surface area contributed by atoms with E-state index in [2.05, 4.69) is 0 Å². The maximum Gasteiger partial charge on any atom is 1.00 e. The van der Waals surface area contributed by atoms with Gasteiger partial charge in [-0.2, -0.15) is 0 Å². The van der Waals surface area contributed by atoms with E-state index in [1.165, 1.54) is 0 Å². The van der Waals surface area contributed by atoms with E-state index in [9.17, 15) is 17.5 Å². The van der Waals surface area contributed by atoms with Gasteiger partial charge in [-0.3, -0.25) is 8.42 Å². The van der Waals surface area contributed by atoms with E-state index in [4.69, 9.17) is 0 Å². The van der Waals surface area contributed by atoms with Crippen LogP contribution in [0.2, 0.25) is 0 Å². The molecule has 4 aromatic carbocycles. The minimum atomic E-state index is -2.28. The van der Waals surface area contributed by atoms with Gasteiger partial charge in [0.2, 0.25) is 0 Å². The first-order valence-corrected chi connectivity index (χ1v) is 12.6. The molecule has 0 radical (unpaired) electrons. The van der Waals surface area contributed by atoms with Crippen molar-refractivity contribution < 1.29 is 76.6 Å². The first-order chi connectivity index (χ1) is 16.5. The Bertz CT molecular complexity index is 1290. The fourth-order valence-corrected chi connectivity index (χ4v) is 4.52. The summed E-state index contributed by atoms with van der Waals surface area (Å²) in [5.41, 5.74) is 5.33. The van der Waals surface area contributed by atoms with Gasteiger partial charge in [-0.05, 0) is 67.7 Å². The molecule has 0 aromatic heterocycles. The van der Waals surface area contributed by atoms with Crippen LogP contribution < -0.4 is 59.1 Å². The van der Waals surface area contributed by atoms with Crippen LogP contribution >= 0.6 is 0 Å². The molecule has 0 fully saturated rings. The van der Waals surface area contributed by atoms with Gasteiger partial charge < -0.3 is 9.11 Å². The quantitative estimate of drug-likeness (QED) is 0.194. The first kappa shape index (κ1) is 30.8. The SMILES string of the molecule is O=S([O-])c1ccccc1C=Cc1ccc(-c2ccc(C=Cc3ccccc3S(=O)[O-])cc2)cc1.[Na+].[Na+]. The van der Waals surface area contributed by atoms with Crippen molar-refractivity contribution in [2.45, 2.75) is 9.79 Å². The molecule has 0 aliphatic carbocycles. The van der Waals surface area contributed by atoms with E-state index in [0.29, 0.717) is 11.1 Å². The number of benzene rings is 4. The van der Waals surface area contributed by atoms with Crippen molar-refractivity contribution in [2.24, 2.45) is 0 Å². The zero-order chi connectivity index (χ0) is 23.9. The molecular weight excluding hydrogens is 510 g/mol. The van der Waals surface area contributed by atoms with Crippen LogP contribution in [0, 0.1) is 0 Å². The number of rotatable bonds is 7. The second-order valence-corrected chi connectivity index (χ2v) is 9.27. The van der Waals surface area contributed by atoms with Crippen LogP contribution in [0.4, 0.5) is 0 Å². The van der Waals surface area contributed by atoms with Gasteiger partial charge in [-0.1, -0.05) is 109 Å². The predicted octanol–water partition coefficient (Wildman–Crippen LogP) is 0.178. The number of hydrogen-bond acceptors (Lipinski definition) is 4. The molecule has 0 spiro atoms. The van der Waals surface area contributed by atoms with E-state index in [1.807, 2.05) is 72.8 Å². The van der Waals surface area contributed by atoms with Crippen LogP contribution in [0.1, 0.15) is 22.3 Å². The van der Waals surface area contributed by atoms with Gasteiger partial charge >= 0.3 is 59.1 Å². The van der Waals surface area contributed by atoms with E-state index in [-0.39, 0.29) is 68.9 Å². The van der Waals surface area contributed by atoms with Gasteiger partial charge in [0.1, 0.15) is 0 Å². The zero-order valence-electron chi connectivity index (χ0n) is 20.0. The molecule has 36 heavy (non-hydrogen) atoms. The summed E-state index contributed by atoms with van der Waals surface area (Å²) in [6.07, 6.45) is 7.36. The Kier molecular flexibility index (Phi) is 12.9. The van der Waals surface area contributed by atoms with Crippen LogP contribution in [-0.2, 0) is 22.2 Å². The standard InChI is InChI=1S/C28H22O4S2.2Na/c29-33(30)27-7-3-1-5-25(27)19-13-21-9-15-23(16-10-21)24-17-11-22(12-18-24)14-20-26-6-2-4-8-28(26)34(31)32;;/h1-20H,(H,29,30)(H,31,32);;/q;2*+1/p-2. The smallest absolute Gasteiger partial charge is 0.768 e. The Labute approximate surface area is 260 Å². The van der Waals surface area contributed by atoms with Crippen LogP contribution in [0.5, 0.6) is 0 Å². The minimum Gasteiger partial charge on any atom is -0.768 e. The molecule has 2 unspecified atom stereocenters. The van der Waals surface area contributed by atoms with Gasteiger partial charge in [-0.15, -0.1) is 0 Å². The molecule has 4 aromatic rings. The summed E-state index contributed by atoms with van der Waals surface area (Å²) in [5, 5.41) is 0. The summed E-state index contributed by atoms with van der Waals surface area (Å²) >= 11 is -4.56.